The lowest BCUT2D eigenvalue weighted by atomic mass is 9.99. The highest BCUT2D eigenvalue weighted by atomic mass is 35.5. The first-order valence-corrected chi connectivity index (χ1v) is 14.4. The van der Waals surface area contributed by atoms with Crippen LogP contribution in [0, 0.1) is 17.6 Å². The van der Waals surface area contributed by atoms with E-state index in [2.05, 4.69) is 9.97 Å². The fourth-order valence-corrected chi connectivity index (χ4v) is 5.87. The molecule has 41 heavy (non-hydrogen) atoms. The quantitative estimate of drug-likeness (QED) is 0.224. The fraction of sp³-hybridized carbons (Fsp3) is 0.250. The van der Waals surface area contributed by atoms with Crippen molar-refractivity contribution in [3.05, 3.63) is 82.6 Å². The molecule has 3 N–H and O–H groups in total. The Morgan fingerprint density at radius 1 is 1.10 bits per heavy atom. The number of carbonyl (C=O) groups is 2. The zero-order valence-corrected chi connectivity index (χ0v) is 24.7. The van der Waals surface area contributed by atoms with Crippen molar-refractivity contribution in [2.75, 3.05) is 10.1 Å². The minimum atomic E-state index is -4.40. The highest BCUT2D eigenvalue weighted by molar-refractivity contribution is 7.93. The minimum Gasteiger partial charge on any atom is -0.345 e. The maximum atomic E-state index is 16.0. The summed E-state index contributed by atoms with van der Waals surface area (Å²) in [5.74, 6) is -5.85. The second kappa shape index (κ2) is 12.6. The number of rotatable bonds is 9. The Balaban J connectivity index is 0.00000462. The van der Waals surface area contributed by atoms with Gasteiger partial charge in [-0.2, -0.15) is 0 Å². The molecule has 0 saturated heterocycles. The van der Waals surface area contributed by atoms with Gasteiger partial charge in [0.2, 0.25) is 15.8 Å². The van der Waals surface area contributed by atoms with Crippen LogP contribution in [0.5, 0.6) is 0 Å². The van der Waals surface area contributed by atoms with Gasteiger partial charge in [0, 0.05) is 33.9 Å². The van der Waals surface area contributed by atoms with Crippen molar-refractivity contribution >= 4 is 62.4 Å². The van der Waals surface area contributed by atoms with E-state index in [1.807, 2.05) is 0 Å². The monoisotopic (exact) mass is 624 g/mol. The summed E-state index contributed by atoms with van der Waals surface area (Å²) in [6.45, 7) is 4.78. The molecule has 0 fully saturated rings. The van der Waals surface area contributed by atoms with Crippen LogP contribution in [0.15, 0.2) is 54.9 Å². The van der Waals surface area contributed by atoms with E-state index in [1.165, 1.54) is 6.20 Å². The van der Waals surface area contributed by atoms with Crippen LogP contribution in [-0.2, 0) is 14.8 Å². The zero-order valence-electron chi connectivity index (χ0n) is 22.3. The fourth-order valence-electron chi connectivity index (χ4n) is 4.21. The molecule has 1 unspecified atom stereocenters. The normalized spacial score (nSPS) is 12.3. The number of carbonyl (C=O) groups excluding carboxylic acids is 2. The summed E-state index contributed by atoms with van der Waals surface area (Å²) in [6, 6.07) is 8.80. The number of aromatic nitrogens is 2. The molecule has 4 aromatic rings. The Hall–Kier alpha value is -3.38. The number of nitrogens with one attached hydrogen (secondary N) is 1. The predicted molar refractivity (Wildman–Crippen MR) is 158 cm³/mol. The number of nitrogens with two attached hydrogens (primary N) is 1. The number of sulfonamides is 1. The number of amides is 1. The average Bonchev–Trinajstić information content (AvgIpc) is 3.33. The van der Waals surface area contributed by atoms with E-state index in [4.69, 9.17) is 17.3 Å². The molecule has 218 valence electrons. The highest BCUT2D eigenvalue weighted by Gasteiger charge is 2.37. The van der Waals surface area contributed by atoms with Crippen molar-refractivity contribution in [1.82, 2.24) is 9.97 Å². The van der Waals surface area contributed by atoms with E-state index in [9.17, 15) is 18.0 Å². The predicted octanol–water partition coefficient (Wildman–Crippen LogP) is 5.87. The average molecular weight is 626 g/mol. The first kappa shape index (κ1) is 32.1. The largest absolute Gasteiger partial charge is 0.345 e. The second-order valence-corrected chi connectivity index (χ2v) is 12.0. The Morgan fingerprint density at radius 2 is 1.76 bits per heavy atom. The third-order valence-corrected chi connectivity index (χ3v) is 8.52. The van der Waals surface area contributed by atoms with Crippen LogP contribution in [0.4, 0.5) is 14.5 Å². The molecular formula is C28H28Cl2F2N4O4S. The standard InChI is InChI=1S/C28H27ClF2N4O4S.ClH/c1-4-11-40(38,39)35(28(37)25(32)15(2)3)22-10-9-21(30)23(24(22)31)26(36)20-14-34-27-19(20)12-17(13-33-27)16-5-7-18(29)8-6-16;/h5-10,12-15,25H,4,11,32H2,1-3H3,(H,33,34);1H. The topological polar surface area (TPSA) is 126 Å². The van der Waals surface area contributed by atoms with Crippen LogP contribution in [0.1, 0.15) is 43.1 Å². The van der Waals surface area contributed by atoms with Crippen molar-refractivity contribution in [2.24, 2.45) is 11.7 Å². The van der Waals surface area contributed by atoms with Crippen LogP contribution < -0.4 is 10.0 Å². The Labute approximate surface area is 247 Å². The van der Waals surface area contributed by atoms with Crippen molar-refractivity contribution in [3.8, 4) is 11.1 Å². The van der Waals surface area contributed by atoms with Crippen molar-refractivity contribution < 1.29 is 26.8 Å². The number of hydrogen-bond donors (Lipinski definition) is 2. The number of anilines is 1. The Bertz CT molecular complexity index is 1710. The number of hydrogen-bond acceptors (Lipinski definition) is 6. The van der Waals surface area contributed by atoms with Gasteiger partial charge in [0.05, 0.1) is 23.0 Å². The number of fused-ring (bicyclic) bond motifs is 1. The van der Waals surface area contributed by atoms with Crippen LogP contribution in [0.3, 0.4) is 0 Å². The molecule has 4 rings (SSSR count). The summed E-state index contributed by atoms with van der Waals surface area (Å²) < 4.78 is 57.5. The molecule has 0 aliphatic rings. The summed E-state index contributed by atoms with van der Waals surface area (Å²) >= 11 is 5.97. The molecule has 0 saturated carbocycles. The molecule has 0 aliphatic heterocycles. The molecule has 1 atom stereocenters. The van der Waals surface area contributed by atoms with E-state index < -0.39 is 62.3 Å². The Kier molecular flexibility index (Phi) is 9.91. The van der Waals surface area contributed by atoms with Crippen molar-refractivity contribution in [2.45, 2.75) is 33.2 Å². The number of benzene rings is 2. The molecule has 2 aromatic heterocycles. The lowest BCUT2D eigenvalue weighted by Gasteiger charge is -2.27. The molecule has 2 aromatic carbocycles. The van der Waals surface area contributed by atoms with Gasteiger partial charge in [-0.1, -0.05) is 44.5 Å². The van der Waals surface area contributed by atoms with E-state index in [0.29, 0.717) is 16.2 Å². The molecule has 0 aliphatic carbocycles. The second-order valence-electron chi connectivity index (χ2n) is 9.60. The minimum absolute atomic E-state index is 0. The number of aromatic amines is 1. The molecule has 8 nitrogen and oxygen atoms in total. The van der Waals surface area contributed by atoms with Gasteiger partial charge in [0.25, 0.3) is 5.91 Å². The first-order valence-electron chi connectivity index (χ1n) is 12.5. The van der Waals surface area contributed by atoms with Crippen LogP contribution in [-0.4, -0.2) is 41.9 Å². The number of pyridine rings is 1. The summed E-state index contributed by atoms with van der Waals surface area (Å²) in [5.41, 5.74) is 5.71. The molecular weight excluding hydrogens is 597 g/mol. The first-order chi connectivity index (χ1) is 18.9. The molecule has 13 heteroatoms. The van der Waals surface area contributed by atoms with Gasteiger partial charge in [-0.3, -0.25) is 9.59 Å². The molecule has 0 spiro atoms. The van der Waals surface area contributed by atoms with Crippen LogP contribution >= 0.6 is 24.0 Å². The van der Waals surface area contributed by atoms with E-state index in [-0.39, 0.29) is 34.1 Å². The van der Waals surface area contributed by atoms with Crippen molar-refractivity contribution in [3.63, 3.8) is 0 Å². The maximum absolute atomic E-state index is 16.0. The van der Waals surface area contributed by atoms with Crippen molar-refractivity contribution in [1.29, 1.82) is 0 Å². The number of H-pyrrole nitrogens is 1. The van der Waals surface area contributed by atoms with E-state index in [1.54, 1.807) is 57.3 Å². The third-order valence-electron chi connectivity index (χ3n) is 6.41. The van der Waals surface area contributed by atoms with Crippen LogP contribution in [0.2, 0.25) is 5.02 Å². The van der Waals surface area contributed by atoms with Gasteiger partial charge in [0.15, 0.2) is 5.82 Å². The third kappa shape index (κ3) is 6.28. The molecule has 2 heterocycles. The lowest BCUT2D eigenvalue weighted by molar-refractivity contribution is -0.119. The van der Waals surface area contributed by atoms with Gasteiger partial charge in [-0.05, 0) is 48.2 Å². The lowest BCUT2D eigenvalue weighted by Crippen LogP contribution is -2.50. The van der Waals surface area contributed by atoms with E-state index >= 15 is 8.78 Å². The van der Waals surface area contributed by atoms with Crippen LogP contribution in [0.25, 0.3) is 22.2 Å². The van der Waals surface area contributed by atoms with Gasteiger partial charge >= 0.3 is 0 Å². The number of nitrogens with zero attached hydrogens (tertiary/aromatic N) is 2. The Morgan fingerprint density at radius 3 is 2.37 bits per heavy atom. The van der Waals surface area contributed by atoms with E-state index in [0.717, 1.165) is 17.7 Å². The number of halogens is 4. The number of ketones is 1. The summed E-state index contributed by atoms with van der Waals surface area (Å²) in [5, 5.41) is 0.818. The molecule has 0 radical (unpaired) electrons. The maximum Gasteiger partial charge on any atom is 0.257 e. The van der Waals surface area contributed by atoms with Gasteiger partial charge in [-0.25, -0.2) is 26.5 Å². The summed E-state index contributed by atoms with van der Waals surface area (Å²) in [7, 11) is -4.40. The highest BCUT2D eigenvalue weighted by Crippen LogP contribution is 2.32. The van der Waals surface area contributed by atoms with Gasteiger partial charge in [-0.15, -0.1) is 12.4 Å². The SMILES string of the molecule is CCCS(=O)(=O)N(C(=O)C(N)C(C)C)c1ccc(F)c(C(=O)c2c[nH]c3ncc(-c4ccc(Cl)cc4)cc23)c1F.Cl. The van der Waals surface area contributed by atoms with Gasteiger partial charge in [0.1, 0.15) is 11.5 Å². The summed E-state index contributed by atoms with van der Waals surface area (Å²) in [6.07, 6.45) is 2.96. The molecule has 1 amide bonds. The van der Waals surface area contributed by atoms with Gasteiger partial charge < -0.3 is 10.7 Å². The molecule has 0 bridgehead atoms. The smallest absolute Gasteiger partial charge is 0.257 e. The zero-order chi connectivity index (χ0) is 29.4. The summed E-state index contributed by atoms with van der Waals surface area (Å²) in [4.78, 5) is 33.9.